The van der Waals surface area contributed by atoms with Crippen LogP contribution in [-0.2, 0) is 6.18 Å². The molecule has 0 heterocycles. The Morgan fingerprint density at radius 3 is 2.33 bits per heavy atom. The maximum absolute atomic E-state index is 13.0. The minimum Gasteiger partial charge on any atom is -0.504 e. The van der Waals surface area contributed by atoms with Crippen LogP contribution in [0.4, 0.5) is 24.5 Å². The Morgan fingerprint density at radius 2 is 1.71 bits per heavy atom. The van der Waals surface area contributed by atoms with Crippen molar-refractivity contribution < 1.29 is 18.3 Å². The number of alkyl halides is 3. The van der Waals surface area contributed by atoms with E-state index in [1.54, 1.807) is 6.92 Å². The number of thiocarbonyl (C=S) groups is 1. The van der Waals surface area contributed by atoms with Crippen molar-refractivity contribution in [3.05, 3.63) is 51.5 Å². The Morgan fingerprint density at radius 1 is 1.12 bits per heavy atom. The third-order valence-corrected chi connectivity index (χ3v) is 4.21. The number of rotatable bonds is 2. The van der Waals surface area contributed by atoms with Crippen molar-refractivity contribution in [2.24, 2.45) is 0 Å². The molecule has 3 nitrogen and oxygen atoms in total. The van der Waals surface area contributed by atoms with Gasteiger partial charge in [0.2, 0.25) is 0 Å². The zero-order valence-electron chi connectivity index (χ0n) is 12.1. The van der Waals surface area contributed by atoms with Gasteiger partial charge in [-0.25, -0.2) is 0 Å². The van der Waals surface area contributed by atoms with E-state index in [9.17, 15) is 18.3 Å². The average Bonchev–Trinajstić information content (AvgIpc) is 2.50. The normalized spacial score (nSPS) is 11.2. The highest BCUT2D eigenvalue weighted by atomic mass is 35.5. The van der Waals surface area contributed by atoms with Crippen LogP contribution in [-0.4, -0.2) is 10.2 Å². The molecule has 0 atom stereocenters. The lowest BCUT2D eigenvalue weighted by Gasteiger charge is -2.17. The van der Waals surface area contributed by atoms with Gasteiger partial charge >= 0.3 is 6.18 Å². The summed E-state index contributed by atoms with van der Waals surface area (Å²) in [6.07, 6.45) is -4.53. The largest absolute Gasteiger partial charge is 0.504 e. The van der Waals surface area contributed by atoms with Crippen LogP contribution in [0.1, 0.15) is 11.1 Å². The minimum absolute atomic E-state index is 0.0310. The van der Waals surface area contributed by atoms with Gasteiger partial charge in [-0.1, -0.05) is 35.3 Å². The maximum atomic E-state index is 13.0. The SMILES string of the molecule is Cc1c(Cl)cc(NC(=S)Nc2ccccc2C(F)(F)F)c(O)c1Cl. The van der Waals surface area contributed by atoms with Gasteiger partial charge in [-0.15, -0.1) is 0 Å². The third-order valence-electron chi connectivity index (χ3n) is 3.15. The van der Waals surface area contributed by atoms with Gasteiger partial charge in [0, 0.05) is 5.02 Å². The second-order valence-electron chi connectivity index (χ2n) is 4.82. The Balaban J connectivity index is 2.25. The molecule has 0 radical (unpaired) electrons. The summed E-state index contributed by atoms with van der Waals surface area (Å²) in [6.45, 7) is 1.62. The summed E-state index contributed by atoms with van der Waals surface area (Å²) < 4.78 is 38.9. The summed E-state index contributed by atoms with van der Waals surface area (Å²) in [5, 5.41) is 15.2. The van der Waals surface area contributed by atoms with Crippen LogP contribution in [0.5, 0.6) is 5.75 Å². The summed E-state index contributed by atoms with van der Waals surface area (Å²) in [7, 11) is 0. The summed E-state index contributed by atoms with van der Waals surface area (Å²) in [4.78, 5) is 0. The van der Waals surface area contributed by atoms with E-state index in [1.165, 1.54) is 24.3 Å². The van der Waals surface area contributed by atoms with Crippen LogP contribution >= 0.6 is 35.4 Å². The predicted octanol–water partition coefficient (Wildman–Crippen LogP) is 5.84. The van der Waals surface area contributed by atoms with Crippen molar-refractivity contribution in [1.82, 2.24) is 0 Å². The summed E-state index contributed by atoms with van der Waals surface area (Å²) >= 11 is 16.9. The van der Waals surface area contributed by atoms with Crippen molar-refractivity contribution in [2.45, 2.75) is 13.1 Å². The topological polar surface area (TPSA) is 44.3 Å². The first kappa shape index (κ1) is 18.6. The van der Waals surface area contributed by atoms with Gasteiger partial charge < -0.3 is 15.7 Å². The van der Waals surface area contributed by atoms with Crippen LogP contribution in [0, 0.1) is 6.92 Å². The third kappa shape index (κ3) is 4.03. The highest BCUT2D eigenvalue weighted by molar-refractivity contribution is 7.80. The molecule has 0 bridgehead atoms. The molecule has 0 aromatic heterocycles. The highest BCUT2D eigenvalue weighted by Gasteiger charge is 2.33. The zero-order valence-corrected chi connectivity index (χ0v) is 14.5. The van der Waals surface area contributed by atoms with E-state index in [0.717, 1.165) is 6.07 Å². The molecule has 128 valence electrons. The van der Waals surface area contributed by atoms with E-state index < -0.39 is 11.7 Å². The number of aromatic hydroxyl groups is 1. The van der Waals surface area contributed by atoms with Crippen LogP contribution in [0.2, 0.25) is 10.0 Å². The van der Waals surface area contributed by atoms with Crippen LogP contribution in [0.25, 0.3) is 0 Å². The molecular formula is C15H11Cl2F3N2OS. The number of phenolic OH excluding ortho intramolecular Hbond substituents is 1. The van der Waals surface area contributed by atoms with Crippen molar-refractivity contribution in [3.63, 3.8) is 0 Å². The quantitative estimate of drug-likeness (QED) is 0.442. The Kier molecular flexibility index (Phi) is 5.47. The predicted molar refractivity (Wildman–Crippen MR) is 94.2 cm³/mol. The lowest BCUT2D eigenvalue weighted by Crippen LogP contribution is -2.21. The molecule has 2 aromatic carbocycles. The lowest BCUT2D eigenvalue weighted by atomic mass is 10.1. The van der Waals surface area contributed by atoms with Crippen molar-refractivity contribution in [3.8, 4) is 5.75 Å². The van der Waals surface area contributed by atoms with Gasteiger partial charge in [0.15, 0.2) is 10.9 Å². The van der Waals surface area contributed by atoms with E-state index in [4.69, 9.17) is 35.4 Å². The zero-order chi connectivity index (χ0) is 18.1. The van der Waals surface area contributed by atoms with E-state index in [2.05, 4.69) is 10.6 Å². The second kappa shape index (κ2) is 7.04. The van der Waals surface area contributed by atoms with E-state index >= 15 is 0 Å². The van der Waals surface area contributed by atoms with Gasteiger partial charge in [0.25, 0.3) is 0 Å². The Bertz CT molecular complexity index is 797. The smallest absolute Gasteiger partial charge is 0.418 e. The molecule has 0 aliphatic rings. The molecule has 0 aliphatic heterocycles. The summed E-state index contributed by atoms with van der Waals surface area (Å²) in [5.41, 5.74) is -0.523. The Labute approximate surface area is 151 Å². The fraction of sp³-hybridized carbons (Fsp3) is 0.133. The molecule has 0 spiro atoms. The van der Waals surface area contributed by atoms with Gasteiger partial charge in [0.1, 0.15) is 0 Å². The second-order valence-corrected chi connectivity index (χ2v) is 6.01. The number of benzene rings is 2. The number of hydrogen-bond acceptors (Lipinski definition) is 2. The standard InChI is InChI=1S/C15H11Cl2F3N2OS/c1-7-9(16)6-11(13(23)12(7)17)22-14(24)21-10-5-3-2-4-8(10)15(18,19)20/h2-6,23H,1H3,(H2,21,22,24). The van der Waals surface area contributed by atoms with Crippen LogP contribution < -0.4 is 10.6 Å². The molecule has 0 saturated carbocycles. The lowest BCUT2D eigenvalue weighted by molar-refractivity contribution is -0.136. The van der Waals surface area contributed by atoms with E-state index in [-0.39, 0.29) is 32.3 Å². The van der Waals surface area contributed by atoms with Gasteiger partial charge in [-0.3, -0.25) is 0 Å². The maximum Gasteiger partial charge on any atom is 0.418 e. The first-order valence-corrected chi connectivity index (χ1v) is 7.69. The number of nitrogens with one attached hydrogen (secondary N) is 2. The number of phenols is 1. The van der Waals surface area contributed by atoms with Crippen molar-refractivity contribution >= 4 is 51.9 Å². The molecule has 0 saturated heterocycles. The number of halogens is 5. The van der Waals surface area contributed by atoms with Crippen LogP contribution in [0.15, 0.2) is 30.3 Å². The molecule has 0 unspecified atom stereocenters. The molecule has 9 heteroatoms. The summed E-state index contributed by atoms with van der Waals surface area (Å²) in [6, 6.07) is 6.27. The monoisotopic (exact) mass is 394 g/mol. The van der Waals surface area contributed by atoms with Gasteiger partial charge in [-0.05, 0) is 42.9 Å². The molecule has 2 rings (SSSR count). The molecule has 24 heavy (non-hydrogen) atoms. The fourth-order valence-electron chi connectivity index (χ4n) is 1.91. The first-order chi connectivity index (χ1) is 11.1. The van der Waals surface area contributed by atoms with Crippen molar-refractivity contribution in [2.75, 3.05) is 10.6 Å². The van der Waals surface area contributed by atoms with Gasteiger partial charge in [0.05, 0.1) is 22.0 Å². The number of para-hydroxylation sites is 1. The molecule has 0 amide bonds. The minimum atomic E-state index is -4.53. The van der Waals surface area contributed by atoms with Gasteiger partial charge in [-0.2, -0.15) is 13.2 Å². The average molecular weight is 395 g/mol. The van der Waals surface area contributed by atoms with Crippen LogP contribution in [0.3, 0.4) is 0 Å². The van der Waals surface area contributed by atoms with E-state index in [1.807, 2.05) is 0 Å². The highest BCUT2D eigenvalue weighted by Crippen LogP contribution is 2.39. The summed E-state index contributed by atoms with van der Waals surface area (Å²) in [5.74, 6) is -0.299. The van der Waals surface area contributed by atoms with E-state index in [0.29, 0.717) is 5.56 Å². The molecule has 0 fully saturated rings. The molecule has 0 aliphatic carbocycles. The number of hydrogen-bond donors (Lipinski definition) is 3. The van der Waals surface area contributed by atoms with Crippen molar-refractivity contribution in [1.29, 1.82) is 0 Å². The first-order valence-electron chi connectivity index (χ1n) is 6.53. The Hall–Kier alpha value is -1.70. The fourth-order valence-corrected chi connectivity index (χ4v) is 2.59. The molecule has 3 N–H and O–H groups in total. The number of anilines is 2. The molecule has 2 aromatic rings. The molecular weight excluding hydrogens is 384 g/mol.